The summed E-state index contributed by atoms with van der Waals surface area (Å²) in [6.07, 6.45) is -6.63. The first-order valence-corrected chi connectivity index (χ1v) is 8.10. The number of furan rings is 1. The van der Waals surface area contributed by atoms with E-state index in [0.717, 1.165) is 17.2 Å². The van der Waals surface area contributed by atoms with Gasteiger partial charge in [0, 0.05) is 11.6 Å². The van der Waals surface area contributed by atoms with Crippen molar-refractivity contribution in [3.8, 4) is 28.9 Å². The van der Waals surface area contributed by atoms with Crippen molar-refractivity contribution in [2.45, 2.75) is 12.8 Å². The maximum absolute atomic E-state index is 13.0. The standard InChI is InChI=1S/C20H12F3NO5/c21-20(22,23)18-15(9-17(28-18)29-19(25)26)11-27-16-7-5-14(6-8-16)13-3-1-12(10-24)2-4-13/h1-9H,11H2,(H,25,26). The second-order valence-electron chi connectivity index (χ2n) is 5.79. The third-order valence-electron chi connectivity index (χ3n) is 3.83. The van der Waals surface area contributed by atoms with Crippen LogP contribution in [0.15, 0.2) is 59.0 Å². The molecule has 0 bridgehead atoms. The molecule has 29 heavy (non-hydrogen) atoms. The Morgan fingerprint density at radius 1 is 1.07 bits per heavy atom. The van der Waals surface area contributed by atoms with Crippen LogP contribution < -0.4 is 9.47 Å². The van der Waals surface area contributed by atoms with Gasteiger partial charge in [-0.1, -0.05) is 24.3 Å². The van der Waals surface area contributed by atoms with Gasteiger partial charge < -0.3 is 19.0 Å². The minimum absolute atomic E-state index is 0.303. The van der Waals surface area contributed by atoms with Gasteiger partial charge >= 0.3 is 12.3 Å². The van der Waals surface area contributed by atoms with Gasteiger partial charge in [-0.05, 0) is 35.4 Å². The van der Waals surface area contributed by atoms with Crippen LogP contribution in [0.5, 0.6) is 11.7 Å². The molecule has 3 rings (SSSR count). The molecule has 0 amide bonds. The summed E-state index contributed by atoms with van der Waals surface area (Å²) in [5.74, 6) is -1.88. The minimum Gasteiger partial charge on any atom is -0.489 e. The van der Waals surface area contributed by atoms with Gasteiger partial charge in [0.25, 0.3) is 5.95 Å². The molecule has 0 spiro atoms. The highest BCUT2D eigenvalue weighted by molar-refractivity contribution is 5.65. The van der Waals surface area contributed by atoms with E-state index < -0.39 is 36.2 Å². The van der Waals surface area contributed by atoms with Crippen molar-refractivity contribution in [1.29, 1.82) is 5.26 Å². The number of nitrogens with zero attached hydrogens (tertiary/aromatic N) is 1. The normalized spacial score (nSPS) is 11.0. The fourth-order valence-electron chi connectivity index (χ4n) is 2.53. The van der Waals surface area contributed by atoms with Crippen molar-refractivity contribution < 1.29 is 37.0 Å². The zero-order valence-electron chi connectivity index (χ0n) is 14.6. The Hall–Kier alpha value is -3.93. The van der Waals surface area contributed by atoms with Crippen LogP contribution in [0.25, 0.3) is 11.1 Å². The summed E-state index contributed by atoms with van der Waals surface area (Å²) in [6, 6.07) is 16.3. The Morgan fingerprint density at radius 3 is 2.17 bits per heavy atom. The van der Waals surface area contributed by atoms with Crippen LogP contribution >= 0.6 is 0 Å². The molecule has 9 heteroatoms. The quantitative estimate of drug-likeness (QED) is 0.568. The molecule has 0 aliphatic carbocycles. The third kappa shape index (κ3) is 4.87. The number of rotatable bonds is 5. The Labute approximate surface area is 162 Å². The molecule has 6 nitrogen and oxygen atoms in total. The summed E-state index contributed by atoms with van der Waals surface area (Å²) in [4.78, 5) is 10.5. The Kier molecular flexibility index (Phi) is 5.45. The van der Waals surface area contributed by atoms with E-state index in [1.165, 1.54) is 0 Å². The third-order valence-corrected chi connectivity index (χ3v) is 3.83. The van der Waals surface area contributed by atoms with Gasteiger partial charge in [0.1, 0.15) is 12.4 Å². The molecular formula is C20H12F3NO5. The lowest BCUT2D eigenvalue weighted by molar-refractivity contribution is -0.154. The highest BCUT2D eigenvalue weighted by atomic mass is 19.4. The lowest BCUT2D eigenvalue weighted by Gasteiger charge is -2.09. The molecule has 0 atom stereocenters. The first-order valence-electron chi connectivity index (χ1n) is 8.10. The fraction of sp³-hybridized carbons (Fsp3) is 0.100. The molecule has 1 aromatic heterocycles. The van der Waals surface area contributed by atoms with Gasteiger partial charge in [0.15, 0.2) is 0 Å². The number of alkyl halides is 3. The second kappa shape index (κ2) is 7.98. The first-order chi connectivity index (χ1) is 13.8. The van der Waals surface area contributed by atoms with E-state index in [9.17, 15) is 18.0 Å². The summed E-state index contributed by atoms with van der Waals surface area (Å²) in [6.45, 7) is -0.502. The molecule has 0 fully saturated rings. The minimum atomic E-state index is -4.84. The molecule has 0 radical (unpaired) electrons. The van der Waals surface area contributed by atoms with Gasteiger partial charge in [0.05, 0.1) is 11.6 Å². The molecule has 0 aliphatic heterocycles. The molecule has 1 heterocycles. The van der Waals surface area contributed by atoms with Crippen molar-refractivity contribution in [2.75, 3.05) is 0 Å². The highest BCUT2D eigenvalue weighted by Crippen LogP contribution is 2.37. The topological polar surface area (TPSA) is 92.7 Å². The van der Waals surface area contributed by atoms with E-state index in [0.29, 0.717) is 11.3 Å². The van der Waals surface area contributed by atoms with E-state index in [4.69, 9.17) is 15.1 Å². The number of hydrogen-bond donors (Lipinski definition) is 1. The van der Waals surface area contributed by atoms with Gasteiger partial charge in [-0.2, -0.15) is 18.4 Å². The molecule has 148 valence electrons. The van der Waals surface area contributed by atoms with Crippen LogP contribution in [-0.2, 0) is 12.8 Å². The lowest BCUT2D eigenvalue weighted by Crippen LogP contribution is -2.08. The van der Waals surface area contributed by atoms with Crippen molar-refractivity contribution >= 4 is 6.16 Å². The maximum Gasteiger partial charge on any atom is 0.513 e. The molecule has 0 saturated carbocycles. The Bertz CT molecular complexity index is 1050. The predicted molar refractivity (Wildman–Crippen MR) is 93.3 cm³/mol. The summed E-state index contributed by atoms with van der Waals surface area (Å²) in [7, 11) is 0. The summed E-state index contributed by atoms with van der Waals surface area (Å²) < 4.78 is 53.1. The maximum atomic E-state index is 13.0. The Balaban J connectivity index is 1.73. The van der Waals surface area contributed by atoms with Crippen LogP contribution in [-0.4, -0.2) is 11.3 Å². The molecule has 0 saturated heterocycles. The van der Waals surface area contributed by atoms with E-state index in [-0.39, 0.29) is 0 Å². The molecule has 2 aromatic carbocycles. The van der Waals surface area contributed by atoms with E-state index >= 15 is 0 Å². The van der Waals surface area contributed by atoms with Gasteiger partial charge in [0.2, 0.25) is 5.76 Å². The van der Waals surface area contributed by atoms with Crippen molar-refractivity contribution in [2.24, 2.45) is 0 Å². The SMILES string of the molecule is N#Cc1ccc(-c2ccc(OCc3cc(OC(=O)O)oc3C(F)(F)F)cc2)cc1. The van der Waals surface area contributed by atoms with Crippen molar-refractivity contribution in [1.82, 2.24) is 0 Å². The number of hydrogen-bond acceptors (Lipinski definition) is 5. The van der Waals surface area contributed by atoms with Crippen LogP contribution in [0.1, 0.15) is 16.9 Å². The zero-order chi connectivity index (χ0) is 21.0. The Morgan fingerprint density at radius 2 is 1.66 bits per heavy atom. The number of halogens is 3. The van der Waals surface area contributed by atoms with E-state index in [2.05, 4.69) is 9.15 Å². The van der Waals surface area contributed by atoms with Crippen molar-refractivity contribution in [3.63, 3.8) is 0 Å². The average Bonchev–Trinajstić information content (AvgIpc) is 3.09. The molecule has 3 aromatic rings. The van der Waals surface area contributed by atoms with Gasteiger partial charge in [-0.3, -0.25) is 0 Å². The summed E-state index contributed by atoms with van der Waals surface area (Å²) >= 11 is 0. The number of benzene rings is 2. The van der Waals surface area contributed by atoms with Crippen LogP contribution in [0, 0.1) is 11.3 Å². The average molecular weight is 403 g/mol. The van der Waals surface area contributed by atoms with Crippen molar-refractivity contribution in [3.05, 3.63) is 71.5 Å². The van der Waals surface area contributed by atoms with E-state index in [1.54, 1.807) is 48.5 Å². The van der Waals surface area contributed by atoms with Crippen LogP contribution in [0.3, 0.4) is 0 Å². The number of ether oxygens (including phenoxy) is 2. The largest absolute Gasteiger partial charge is 0.513 e. The number of carbonyl (C=O) groups is 1. The molecule has 1 N–H and O–H groups in total. The monoisotopic (exact) mass is 403 g/mol. The number of nitriles is 1. The van der Waals surface area contributed by atoms with E-state index in [1.807, 2.05) is 6.07 Å². The van der Waals surface area contributed by atoms with Gasteiger partial charge in [-0.15, -0.1) is 0 Å². The highest BCUT2D eigenvalue weighted by Gasteiger charge is 2.39. The molecule has 0 unspecified atom stereocenters. The zero-order valence-corrected chi connectivity index (χ0v) is 14.6. The lowest BCUT2D eigenvalue weighted by atomic mass is 10.0. The molecule has 0 aliphatic rings. The number of carboxylic acid groups (broad SMARTS) is 1. The van der Waals surface area contributed by atoms with Gasteiger partial charge in [-0.25, -0.2) is 4.79 Å². The summed E-state index contributed by atoms with van der Waals surface area (Å²) in [5.41, 5.74) is 1.82. The summed E-state index contributed by atoms with van der Waals surface area (Å²) in [5, 5.41) is 17.3. The predicted octanol–water partition coefficient (Wildman–Crippen LogP) is 5.47. The molecular weight excluding hydrogens is 391 g/mol. The fourth-order valence-corrected chi connectivity index (χ4v) is 2.53. The van der Waals surface area contributed by atoms with Crippen LogP contribution in [0.4, 0.5) is 18.0 Å². The first kappa shape index (κ1) is 19.8. The van der Waals surface area contributed by atoms with Crippen LogP contribution in [0.2, 0.25) is 0 Å². The smallest absolute Gasteiger partial charge is 0.489 e. The second-order valence-corrected chi connectivity index (χ2v) is 5.79.